The summed E-state index contributed by atoms with van der Waals surface area (Å²) in [4.78, 5) is 39.7. The third kappa shape index (κ3) is 8.07. The molecule has 0 spiro atoms. The molecule has 3 atom stereocenters. The van der Waals surface area contributed by atoms with Gasteiger partial charge in [-0.15, -0.1) is 0 Å². The zero-order valence-electron chi connectivity index (χ0n) is 20.3. The SMILES string of the molecule is CCOC(=O)/C(C)=C/C(C(C)C)N(C)C(=O)C(NC(=O)C(C)(N)COC)C(C)(C)C. The van der Waals surface area contributed by atoms with Crippen LogP contribution in [0.3, 0.4) is 0 Å². The molecule has 0 saturated carbocycles. The van der Waals surface area contributed by atoms with E-state index in [2.05, 4.69) is 5.32 Å². The molecule has 0 aliphatic heterocycles. The summed E-state index contributed by atoms with van der Waals surface area (Å²) in [6, 6.07) is -1.17. The van der Waals surface area contributed by atoms with Crippen LogP contribution in [0.2, 0.25) is 0 Å². The Balaban J connectivity index is 5.83. The van der Waals surface area contributed by atoms with Crippen molar-refractivity contribution in [1.29, 1.82) is 0 Å². The standard InChI is InChI=1S/C22H41N3O5/c1-11-30-19(27)15(4)12-16(14(2)3)25(9)18(26)17(21(5,6)7)24-20(28)22(8,23)13-29-10/h12,14,16-17H,11,13,23H2,1-10H3,(H,24,28)/b15-12+. The lowest BCUT2D eigenvalue weighted by Crippen LogP contribution is -2.62. The Morgan fingerprint density at radius 1 is 1.17 bits per heavy atom. The molecule has 0 aromatic heterocycles. The Kier molecular flexibility index (Phi) is 10.7. The molecule has 174 valence electrons. The van der Waals surface area contributed by atoms with Crippen LogP contribution in [0.5, 0.6) is 0 Å². The predicted molar refractivity (Wildman–Crippen MR) is 118 cm³/mol. The Hall–Kier alpha value is -1.93. The number of ether oxygens (including phenoxy) is 2. The third-order valence-corrected chi connectivity index (χ3v) is 4.85. The number of likely N-dealkylation sites (N-methyl/N-ethyl adjacent to an activating group) is 1. The highest BCUT2D eigenvalue weighted by Crippen LogP contribution is 2.24. The van der Waals surface area contributed by atoms with Crippen molar-refractivity contribution in [1.82, 2.24) is 10.2 Å². The fourth-order valence-corrected chi connectivity index (χ4v) is 2.98. The molecular weight excluding hydrogens is 386 g/mol. The zero-order chi connectivity index (χ0) is 23.9. The van der Waals surface area contributed by atoms with Gasteiger partial charge in [0.25, 0.3) is 0 Å². The van der Waals surface area contributed by atoms with Gasteiger partial charge in [0, 0.05) is 19.7 Å². The van der Waals surface area contributed by atoms with Crippen molar-refractivity contribution in [3.63, 3.8) is 0 Å². The van der Waals surface area contributed by atoms with Crippen LogP contribution < -0.4 is 11.1 Å². The largest absolute Gasteiger partial charge is 0.463 e. The molecule has 8 heteroatoms. The number of hydrogen-bond acceptors (Lipinski definition) is 6. The number of nitrogens with one attached hydrogen (secondary N) is 1. The maximum absolute atomic E-state index is 13.4. The minimum atomic E-state index is -1.27. The molecule has 0 bridgehead atoms. The molecule has 0 aliphatic carbocycles. The van der Waals surface area contributed by atoms with Crippen molar-refractivity contribution in [3.8, 4) is 0 Å². The van der Waals surface area contributed by atoms with Crippen LogP contribution in [0.25, 0.3) is 0 Å². The maximum Gasteiger partial charge on any atom is 0.333 e. The molecule has 0 heterocycles. The Bertz CT molecular complexity index is 635. The molecule has 0 aliphatic rings. The van der Waals surface area contributed by atoms with Gasteiger partial charge in [-0.2, -0.15) is 0 Å². The molecule has 0 aromatic carbocycles. The summed E-state index contributed by atoms with van der Waals surface area (Å²) in [5, 5.41) is 2.81. The first kappa shape index (κ1) is 28.1. The van der Waals surface area contributed by atoms with Gasteiger partial charge in [0.2, 0.25) is 11.8 Å². The van der Waals surface area contributed by atoms with Gasteiger partial charge in [0.15, 0.2) is 0 Å². The van der Waals surface area contributed by atoms with Gasteiger partial charge in [0.1, 0.15) is 11.6 Å². The molecule has 3 N–H and O–H groups in total. The van der Waals surface area contributed by atoms with Gasteiger partial charge in [-0.05, 0) is 32.1 Å². The van der Waals surface area contributed by atoms with E-state index in [0.29, 0.717) is 5.57 Å². The number of methoxy groups -OCH3 is 1. The summed E-state index contributed by atoms with van der Waals surface area (Å²) >= 11 is 0. The van der Waals surface area contributed by atoms with Crippen LogP contribution in [0.15, 0.2) is 11.6 Å². The molecule has 2 amide bonds. The van der Waals surface area contributed by atoms with Crippen molar-refractivity contribution in [2.24, 2.45) is 17.1 Å². The molecule has 0 rings (SSSR count). The molecule has 30 heavy (non-hydrogen) atoms. The van der Waals surface area contributed by atoms with Crippen molar-refractivity contribution in [3.05, 3.63) is 11.6 Å². The lowest BCUT2D eigenvalue weighted by atomic mass is 9.84. The van der Waals surface area contributed by atoms with E-state index < -0.39 is 28.9 Å². The number of carbonyl (C=O) groups excluding carboxylic acids is 3. The molecular formula is C22H41N3O5. The summed E-state index contributed by atoms with van der Waals surface area (Å²) in [6.07, 6.45) is 1.74. The van der Waals surface area contributed by atoms with E-state index in [9.17, 15) is 14.4 Å². The number of carbonyl (C=O) groups is 3. The van der Waals surface area contributed by atoms with Crippen LogP contribution in [-0.2, 0) is 23.9 Å². The summed E-state index contributed by atoms with van der Waals surface area (Å²) in [5.41, 5.74) is 4.65. The van der Waals surface area contributed by atoms with E-state index in [0.717, 1.165) is 0 Å². The summed E-state index contributed by atoms with van der Waals surface area (Å²) in [7, 11) is 3.13. The van der Waals surface area contributed by atoms with Gasteiger partial charge in [-0.3, -0.25) is 9.59 Å². The normalized spacial score (nSPS) is 16.5. The van der Waals surface area contributed by atoms with E-state index >= 15 is 0 Å². The lowest BCUT2D eigenvalue weighted by Gasteiger charge is -2.38. The molecule has 0 fully saturated rings. The second-order valence-corrected chi connectivity index (χ2v) is 9.38. The topological polar surface area (TPSA) is 111 Å². The molecule has 3 unspecified atom stereocenters. The molecule has 8 nitrogen and oxygen atoms in total. The van der Waals surface area contributed by atoms with Crippen molar-refractivity contribution < 1.29 is 23.9 Å². The summed E-state index contributed by atoms with van der Waals surface area (Å²) < 4.78 is 10.1. The highest BCUT2D eigenvalue weighted by Gasteiger charge is 2.40. The van der Waals surface area contributed by atoms with Crippen LogP contribution >= 0.6 is 0 Å². The van der Waals surface area contributed by atoms with Crippen molar-refractivity contribution in [2.45, 2.75) is 73.0 Å². The first-order chi connectivity index (χ1) is 13.6. The second-order valence-electron chi connectivity index (χ2n) is 9.38. The van der Waals surface area contributed by atoms with E-state index in [-0.39, 0.29) is 31.1 Å². The minimum absolute atomic E-state index is 0.0236. The highest BCUT2D eigenvalue weighted by molar-refractivity contribution is 5.92. The summed E-state index contributed by atoms with van der Waals surface area (Å²) in [6.45, 7) is 14.8. The van der Waals surface area contributed by atoms with Crippen LogP contribution in [0, 0.1) is 11.3 Å². The van der Waals surface area contributed by atoms with Crippen LogP contribution in [-0.4, -0.2) is 67.7 Å². The average molecular weight is 428 g/mol. The van der Waals surface area contributed by atoms with Gasteiger partial charge in [-0.1, -0.05) is 40.7 Å². The van der Waals surface area contributed by atoms with Gasteiger partial charge in [-0.25, -0.2) is 4.79 Å². The van der Waals surface area contributed by atoms with Gasteiger partial charge >= 0.3 is 5.97 Å². The van der Waals surface area contributed by atoms with Crippen molar-refractivity contribution in [2.75, 3.05) is 27.4 Å². The molecule has 0 aromatic rings. The second kappa shape index (κ2) is 11.5. The van der Waals surface area contributed by atoms with E-state index in [1.54, 1.807) is 38.8 Å². The van der Waals surface area contributed by atoms with E-state index in [1.807, 2.05) is 34.6 Å². The van der Waals surface area contributed by atoms with Gasteiger partial charge in [0.05, 0.1) is 19.3 Å². The number of hydrogen-bond donors (Lipinski definition) is 2. The number of rotatable bonds is 10. The predicted octanol–water partition coefficient (Wildman–Crippen LogP) is 1.87. The molecule has 0 saturated heterocycles. The highest BCUT2D eigenvalue weighted by atomic mass is 16.5. The third-order valence-electron chi connectivity index (χ3n) is 4.85. The first-order valence-electron chi connectivity index (χ1n) is 10.3. The van der Waals surface area contributed by atoms with E-state index in [4.69, 9.17) is 15.2 Å². The Labute approximate surface area is 181 Å². The monoisotopic (exact) mass is 427 g/mol. The smallest absolute Gasteiger partial charge is 0.333 e. The number of esters is 1. The zero-order valence-corrected chi connectivity index (χ0v) is 20.3. The maximum atomic E-state index is 13.4. The minimum Gasteiger partial charge on any atom is -0.463 e. The van der Waals surface area contributed by atoms with Crippen molar-refractivity contribution >= 4 is 17.8 Å². The average Bonchev–Trinajstić information content (AvgIpc) is 2.61. The fraction of sp³-hybridized carbons (Fsp3) is 0.773. The molecule has 0 radical (unpaired) electrons. The number of nitrogens with zero attached hydrogens (tertiary/aromatic N) is 1. The fourth-order valence-electron chi connectivity index (χ4n) is 2.98. The number of amides is 2. The lowest BCUT2D eigenvalue weighted by molar-refractivity contribution is -0.142. The number of nitrogens with two attached hydrogens (primary N) is 1. The first-order valence-corrected chi connectivity index (χ1v) is 10.3. The Morgan fingerprint density at radius 3 is 2.10 bits per heavy atom. The summed E-state index contributed by atoms with van der Waals surface area (Å²) in [5.74, 6) is -1.11. The van der Waals surface area contributed by atoms with Gasteiger partial charge < -0.3 is 25.4 Å². The van der Waals surface area contributed by atoms with E-state index in [1.165, 1.54) is 7.11 Å². The Morgan fingerprint density at radius 2 is 1.70 bits per heavy atom. The van der Waals surface area contributed by atoms with Crippen LogP contribution in [0.1, 0.15) is 55.4 Å². The quantitative estimate of drug-likeness (QED) is 0.407. The van der Waals surface area contributed by atoms with Crippen LogP contribution in [0.4, 0.5) is 0 Å².